The molecular formula is C13H11BrFNOS. The second kappa shape index (κ2) is 5.63. The Bertz CT molecular complexity index is 570. The number of hydrogen-bond donors (Lipinski definition) is 0. The average Bonchev–Trinajstić information content (AvgIpc) is 2.76. The first-order valence-electron chi connectivity index (χ1n) is 5.44. The zero-order chi connectivity index (χ0) is 13.1. The van der Waals surface area contributed by atoms with Gasteiger partial charge < -0.3 is 4.90 Å². The zero-order valence-corrected chi connectivity index (χ0v) is 12.1. The van der Waals surface area contributed by atoms with E-state index in [1.807, 2.05) is 18.4 Å². The van der Waals surface area contributed by atoms with Gasteiger partial charge in [-0.1, -0.05) is 6.07 Å². The third-order valence-electron chi connectivity index (χ3n) is 2.49. The van der Waals surface area contributed by atoms with Crippen molar-refractivity contribution in [2.75, 3.05) is 11.4 Å². The third kappa shape index (κ3) is 2.62. The summed E-state index contributed by atoms with van der Waals surface area (Å²) in [6.45, 7) is 2.36. The van der Waals surface area contributed by atoms with Crippen LogP contribution < -0.4 is 4.90 Å². The summed E-state index contributed by atoms with van der Waals surface area (Å²) in [6.07, 6.45) is 0. The van der Waals surface area contributed by atoms with E-state index in [1.165, 1.54) is 23.5 Å². The minimum absolute atomic E-state index is 0.120. The minimum Gasteiger partial charge on any atom is -0.308 e. The van der Waals surface area contributed by atoms with Crippen LogP contribution >= 0.6 is 27.3 Å². The third-order valence-corrected chi connectivity index (χ3v) is 4.32. The summed E-state index contributed by atoms with van der Waals surface area (Å²) in [5.74, 6) is -0.464. The highest BCUT2D eigenvalue weighted by Crippen LogP contribution is 2.26. The van der Waals surface area contributed by atoms with Gasteiger partial charge in [0.2, 0.25) is 0 Å². The zero-order valence-electron chi connectivity index (χ0n) is 9.69. The molecule has 2 aromatic rings. The lowest BCUT2D eigenvalue weighted by Crippen LogP contribution is -2.30. The fourth-order valence-corrected chi connectivity index (χ4v) is 3.15. The van der Waals surface area contributed by atoms with E-state index in [0.717, 1.165) is 4.47 Å². The minimum atomic E-state index is -0.344. The van der Waals surface area contributed by atoms with E-state index >= 15 is 0 Å². The second-order valence-electron chi connectivity index (χ2n) is 3.63. The van der Waals surface area contributed by atoms with Crippen LogP contribution in [0.15, 0.2) is 40.2 Å². The number of amides is 1. The molecule has 0 aliphatic heterocycles. The Morgan fingerprint density at radius 1 is 1.44 bits per heavy atom. The van der Waals surface area contributed by atoms with E-state index in [1.54, 1.807) is 17.0 Å². The first kappa shape index (κ1) is 13.2. The lowest BCUT2D eigenvalue weighted by Gasteiger charge is -2.20. The fourth-order valence-electron chi connectivity index (χ4n) is 1.66. The number of anilines is 1. The molecule has 0 bridgehead atoms. The van der Waals surface area contributed by atoms with Gasteiger partial charge in [0.05, 0.1) is 0 Å². The molecule has 1 aromatic heterocycles. The van der Waals surface area contributed by atoms with Crippen LogP contribution in [-0.4, -0.2) is 12.5 Å². The number of thiophene rings is 1. The average molecular weight is 328 g/mol. The van der Waals surface area contributed by atoms with Gasteiger partial charge in [0.1, 0.15) is 10.7 Å². The summed E-state index contributed by atoms with van der Waals surface area (Å²) < 4.78 is 14.0. The molecule has 5 heteroatoms. The number of carbonyl (C=O) groups excluding carboxylic acids is 1. The fraction of sp³-hybridized carbons (Fsp3) is 0.154. The van der Waals surface area contributed by atoms with E-state index in [9.17, 15) is 9.18 Å². The molecule has 0 saturated heterocycles. The molecule has 0 N–H and O–H groups in total. The lowest BCUT2D eigenvalue weighted by atomic mass is 10.2. The molecule has 0 saturated carbocycles. The van der Waals surface area contributed by atoms with Crippen molar-refractivity contribution in [1.82, 2.24) is 0 Å². The van der Waals surface area contributed by atoms with Gasteiger partial charge in [0.25, 0.3) is 5.91 Å². The molecule has 1 aromatic carbocycles. The van der Waals surface area contributed by atoms with Crippen molar-refractivity contribution in [2.24, 2.45) is 0 Å². The second-order valence-corrected chi connectivity index (χ2v) is 5.40. The monoisotopic (exact) mass is 327 g/mol. The van der Waals surface area contributed by atoms with Crippen molar-refractivity contribution in [3.05, 3.63) is 50.9 Å². The number of benzene rings is 1. The highest BCUT2D eigenvalue weighted by Gasteiger charge is 2.19. The van der Waals surface area contributed by atoms with Crippen molar-refractivity contribution >= 4 is 38.9 Å². The van der Waals surface area contributed by atoms with E-state index in [0.29, 0.717) is 17.1 Å². The summed E-state index contributed by atoms with van der Waals surface area (Å²) in [5.41, 5.74) is 0.572. The molecule has 0 aliphatic rings. The molecule has 2 rings (SSSR count). The van der Waals surface area contributed by atoms with Gasteiger partial charge in [-0.15, -0.1) is 11.3 Å². The van der Waals surface area contributed by atoms with Crippen LogP contribution in [0.5, 0.6) is 0 Å². The molecule has 0 radical (unpaired) electrons. The lowest BCUT2D eigenvalue weighted by molar-refractivity contribution is 0.0991. The van der Waals surface area contributed by atoms with E-state index in [4.69, 9.17) is 0 Å². The van der Waals surface area contributed by atoms with Crippen molar-refractivity contribution in [1.29, 1.82) is 0 Å². The largest absolute Gasteiger partial charge is 0.308 e. The summed E-state index contributed by atoms with van der Waals surface area (Å²) in [6, 6.07) is 7.89. The molecule has 0 spiro atoms. The maximum absolute atomic E-state index is 13.2. The topological polar surface area (TPSA) is 20.3 Å². The van der Waals surface area contributed by atoms with Gasteiger partial charge in [-0.05, 0) is 52.5 Å². The first-order chi connectivity index (χ1) is 8.63. The van der Waals surface area contributed by atoms with Crippen LogP contribution in [-0.2, 0) is 0 Å². The summed E-state index contributed by atoms with van der Waals surface area (Å²) in [7, 11) is 0. The molecule has 1 amide bonds. The summed E-state index contributed by atoms with van der Waals surface area (Å²) in [5, 5.41) is 1.84. The number of rotatable bonds is 3. The van der Waals surface area contributed by atoms with Gasteiger partial charge in [-0.25, -0.2) is 4.39 Å². The molecule has 0 fully saturated rings. The van der Waals surface area contributed by atoms with Crippen LogP contribution in [0.4, 0.5) is 10.1 Å². The van der Waals surface area contributed by atoms with Gasteiger partial charge in [0.15, 0.2) is 0 Å². The van der Waals surface area contributed by atoms with E-state index in [2.05, 4.69) is 15.9 Å². The first-order valence-corrected chi connectivity index (χ1v) is 7.11. The molecular weight excluding hydrogens is 317 g/mol. The Hall–Kier alpha value is -1.20. The van der Waals surface area contributed by atoms with E-state index in [-0.39, 0.29) is 11.7 Å². The number of hydrogen-bond acceptors (Lipinski definition) is 2. The number of carbonyl (C=O) groups is 1. The van der Waals surface area contributed by atoms with Crippen LogP contribution in [0.3, 0.4) is 0 Å². The SMILES string of the molecule is CCN(C(=O)c1sccc1Br)c1cccc(F)c1. The number of nitrogens with zero attached hydrogens (tertiary/aromatic N) is 1. The molecule has 1 heterocycles. The van der Waals surface area contributed by atoms with Crippen LogP contribution in [0, 0.1) is 5.82 Å². The number of halogens is 2. The molecule has 94 valence electrons. The Morgan fingerprint density at radius 3 is 2.78 bits per heavy atom. The highest BCUT2D eigenvalue weighted by atomic mass is 79.9. The Balaban J connectivity index is 2.35. The van der Waals surface area contributed by atoms with Crippen LogP contribution in [0.25, 0.3) is 0 Å². The molecule has 18 heavy (non-hydrogen) atoms. The predicted octanol–water partition coefficient (Wildman–Crippen LogP) is 4.32. The maximum atomic E-state index is 13.2. The van der Waals surface area contributed by atoms with Crippen LogP contribution in [0.1, 0.15) is 16.6 Å². The van der Waals surface area contributed by atoms with Crippen molar-refractivity contribution < 1.29 is 9.18 Å². The van der Waals surface area contributed by atoms with E-state index < -0.39 is 0 Å². The normalized spacial score (nSPS) is 10.4. The summed E-state index contributed by atoms with van der Waals surface area (Å²) >= 11 is 4.71. The van der Waals surface area contributed by atoms with Crippen molar-refractivity contribution in [2.45, 2.75) is 6.92 Å². The van der Waals surface area contributed by atoms with Gasteiger partial charge >= 0.3 is 0 Å². The Labute approximate surface area is 117 Å². The molecule has 0 unspecified atom stereocenters. The van der Waals surface area contributed by atoms with Crippen molar-refractivity contribution in [3.8, 4) is 0 Å². The predicted molar refractivity (Wildman–Crippen MR) is 75.8 cm³/mol. The van der Waals surface area contributed by atoms with Gasteiger partial charge in [-0.3, -0.25) is 4.79 Å². The standard InChI is InChI=1S/C13H11BrFNOS/c1-2-16(10-5-3-4-9(15)8-10)13(17)12-11(14)6-7-18-12/h3-8H,2H2,1H3. The molecule has 0 aliphatic carbocycles. The Kier molecular flexibility index (Phi) is 4.14. The Morgan fingerprint density at radius 2 is 2.22 bits per heavy atom. The quantitative estimate of drug-likeness (QED) is 0.822. The van der Waals surface area contributed by atoms with Gasteiger partial charge in [-0.2, -0.15) is 0 Å². The maximum Gasteiger partial charge on any atom is 0.269 e. The van der Waals surface area contributed by atoms with Gasteiger partial charge in [0, 0.05) is 16.7 Å². The van der Waals surface area contributed by atoms with Crippen LogP contribution in [0.2, 0.25) is 0 Å². The van der Waals surface area contributed by atoms with Crippen molar-refractivity contribution in [3.63, 3.8) is 0 Å². The molecule has 0 atom stereocenters. The summed E-state index contributed by atoms with van der Waals surface area (Å²) in [4.78, 5) is 14.5. The smallest absolute Gasteiger partial charge is 0.269 e. The highest BCUT2D eigenvalue weighted by molar-refractivity contribution is 9.10. The molecule has 2 nitrogen and oxygen atoms in total.